The van der Waals surface area contributed by atoms with Crippen molar-refractivity contribution in [3.05, 3.63) is 17.7 Å². The van der Waals surface area contributed by atoms with Gasteiger partial charge >= 0.3 is 6.03 Å². The van der Waals surface area contributed by atoms with Crippen LogP contribution in [0.3, 0.4) is 0 Å². The number of ketones is 1. The van der Waals surface area contributed by atoms with Gasteiger partial charge in [0.25, 0.3) is 5.91 Å². The molecule has 2 fully saturated rings. The van der Waals surface area contributed by atoms with Crippen molar-refractivity contribution in [3.63, 3.8) is 0 Å². The van der Waals surface area contributed by atoms with Gasteiger partial charge in [0.05, 0.1) is 12.7 Å². The maximum absolute atomic E-state index is 12.6. The number of piperidine rings is 1. The Morgan fingerprint density at radius 3 is 2.55 bits per heavy atom. The van der Waals surface area contributed by atoms with Gasteiger partial charge in [-0.1, -0.05) is 0 Å². The molecule has 29 heavy (non-hydrogen) atoms. The van der Waals surface area contributed by atoms with Gasteiger partial charge in [-0.25, -0.2) is 4.79 Å². The molecule has 1 aromatic rings. The van der Waals surface area contributed by atoms with Gasteiger partial charge in [-0.15, -0.1) is 0 Å². The number of unbranched alkanes of at least 4 members (excludes halogenated alkanes) is 1. The molecule has 2 saturated heterocycles. The first kappa shape index (κ1) is 19.5. The fourth-order valence-corrected chi connectivity index (χ4v) is 4.10. The number of rotatable bonds is 7. The molecule has 0 unspecified atom stereocenters. The first-order valence-electron chi connectivity index (χ1n) is 9.87. The smallest absolute Gasteiger partial charge is 0.322 e. The third kappa shape index (κ3) is 3.87. The van der Waals surface area contributed by atoms with E-state index in [1.54, 1.807) is 12.1 Å². The van der Waals surface area contributed by atoms with Crippen molar-refractivity contribution < 1.29 is 28.6 Å². The number of methoxy groups -OCH3 is 1. The molecule has 0 radical (unpaired) electrons. The van der Waals surface area contributed by atoms with E-state index in [9.17, 15) is 14.4 Å². The summed E-state index contributed by atoms with van der Waals surface area (Å²) in [6.45, 7) is 2.51. The molecule has 0 saturated carbocycles. The molecular weight excluding hydrogens is 378 g/mol. The molecule has 4 rings (SSSR count). The Morgan fingerprint density at radius 1 is 1.17 bits per heavy atom. The minimum absolute atomic E-state index is 0.0167. The van der Waals surface area contributed by atoms with Crippen molar-refractivity contribution in [2.24, 2.45) is 0 Å². The summed E-state index contributed by atoms with van der Waals surface area (Å²) in [6, 6.07) is 2.98. The molecule has 9 heteroatoms. The number of urea groups is 1. The molecule has 3 heterocycles. The lowest BCUT2D eigenvalue weighted by atomic mass is 9.87. The fourth-order valence-electron chi connectivity index (χ4n) is 4.10. The topological polar surface area (TPSA) is 106 Å². The maximum Gasteiger partial charge on any atom is 0.322 e. The van der Waals surface area contributed by atoms with E-state index >= 15 is 0 Å². The normalized spacial score (nSPS) is 19.9. The summed E-state index contributed by atoms with van der Waals surface area (Å²) in [6.07, 6.45) is 3.28. The van der Waals surface area contributed by atoms with Gasteiger partial charge in [0.2, 0.25) is 6.79 Å². The zero-order valence-electron chi connectivity index (χ0n) is 16.4. The Balaban J connectivity index is 1.23. The molecule has 9 nitrogen and oxygen atoms in total. The van der Waals surface area contributed by atoms with Crippen molar-refractivity contribution in [3.8, 4) is 17.2 Å². The predicted molar refractivity (Wildman–Crippen MR) is 102 cm³/mol. The number of likely N-dealkylation sites (tertiary alicyclic amines) is 1. The number of Topliss-reactive ketones (excluding diaryl/α,β-unsaturated/α-hetero) is 1. The second-order valence-corrected chi connectivity index (χ2v) is 7.62. The molecule has 3 aliphatic rings. The summed E-state index contributed by atoms with van der Waals surface area (Å²) >= 11 is 0. The van der Waals surface area contributed by atoms with Gasteiger partial charge < -0.3 is 24.4 Å². The number of fused-ring (bicyclic) bond motifs is 1. The van der Waals surface area contributed by atoms with E-state index in [4.69, 9.17) is 14.2 Å². The number of ether oxygens (including phenoxy) is 3. The molecule has 156 valence electrons. The van der Waals surface area contributed by atoms with Crippen molar-refractivity contribution >= 4 is 17.7 Å². The largest absolute Gasteiger partial charge is 0.496 e. The summed E-state index contributed by atoms with van der Waals surface area (Å²) in [4.78, 5) is 38.3. The second kappa shape index (κ2) is 7.90. The van der Waals surface area contributed by atoms with Crippen LogP contribution in [0.15, 0.2) is 12.1 Å². The van der Waals surface area contributed by atoms with Crippen LogP contribution in [0, 0.1) is 0 Å². The van der Waals surface area contributed by atoms with E-state index in [0.29, 0.717) is 42.1 Å². The molecule has 1 aromatic carbocycles. The lowest BCUT2D eigenvalue weighted by molar-refractivity contribution is -0.125. The van der Waals surface area contributed by atoms with E-state index in [1.807, 2.05) is 0 Å². The monoisotopic (exact) mass is 403 g/mol. The molecule has 0 bridgehead atoms. The molecular formula is C20H25N3O6. The first-order chi connectivity index (χ1) is 14.0. The summed E-state index contributed by atoms with van der Waals surface area (Å²) in [5.41, 5.74) is -0.223. The van der Waals surface area contributed by atoms with E-state index in [2.05, 4.69) is 15.5 Å². The first-order valence-corrected chi connectivity index (χ1v) is 9.87. The van der Waals surface area contributed by atoms with Crippen LogP contribution in [0.25, 0.3) is 0 Å². The molecule has 0 atom stereocenters. The number of nitrogens with one attached hydrogen (secondary N) is 2. The zero-order valence-corrected chi connectivity index (χ0v) is 16.4. The number of imide groups is 1. The Labute approximate surface area is 168 Å². The number of benzene rings is 1. The number of hydrogen-bond acceptors (Lipinski definition) is 7. The van der Waals surface area contributed by atoms with Crippen LogP contribution < -0.4 is 24.8 Å². The van der Waals surface area contributed by atoms with E-state index in [-0.39, 0.29) is 18.5 Å². The molecule has 0 aromatic heterocycles. The lowest BCUT2D eigenvalue weighted by Crippen LogP contribution is -2.54. The van der Waals surface area contributed by atoms with Crippen molar-refractivity contribution in [1.29, 1.82) is 0 Å². The Hall–Kier alpha value is -2.81. The lowest BCUT2D eigenvalue weighted by Gasteiger charge is -2.36. The van der Waals surface area contributed by atoms with Gasteiger partial charge in [0.15, 0.2) is 17.3 Å². The summed E-state index contributed by atoms with van der Waals surface area (Å²) in [5, 5.41) is 5.09. The third-order valence-electron chi connectivity index (χ3n) is 5.85. The minimum atomic E-state index is -0.737. The van der Waals surface area contributed by atoms with E-state index < -0.39 is 11.6 Å². The SMILES string of the molecule is COc1cc2c(cc1C(=O)CCCCN1CCC3(CC1)NC(=O)NC3=O)OCO2. The molecule has 2 N–H and O–H groups in total. The highest BCUT2D eigenvalue weighted by atomic mass is 16.7. The Morgan fingerprint density at radius 2 is 1.90 bits per heavy atom. The van der Waals surface area contributed by atoms with Gasteiger partial charge in [-0.2, -0.15) is 0 Å². The average molecular weight is 403 g/mol. The average Bonchev–Trinajstić information content (AvgIpc) is 3.28. The van der Waals surface area contributed by atoms with Crippen molar-refractivity contribution in [2.75, 3.05) is 33.5 Å². The predicted octanol–water partition coefficient (Wildman–Crippen LogP) is 1.45. The number of hydrogen-bond donors (Lipinski definition) is 2. The second-order valence-electron chi connectivity index (χ2n) is 7.62. The van der Waals surface area contributed by atoms with Crippen LogP contribution in [0.2, 0.25) is 0 Å². The Bertz CT molecular complexity index is 832. The number of carbonyl (C=O) groups excluding carboxylic acids is 3. The van der Waals surface area contributed by atoms with Gasteiger partial charge in [0, 0.05) is 25.6 Å². The molecule has 3 aliphatic heterocycles. The van der Waals surface area contributed by atoms with Crippen molar-refractivity contribution in [2.45, 2.75) is 37.6 Å². The Kier molecular flexibility index (Phi) is 5.31. The van der Waals surface area contributed by atoms with Crippen LogP contribution >= 0.6 is 0 Å². The van der Waals surface area contributed by atoms with Crippen LogP contribution in [0.1, 0.15) is 42.5 Å². The fraction of sp³-hybridized carbons (Fsp3) is 0.550. The van der Waals surface area contributed by atoms with Crippen LogP contribution in [0.5, 0.6) is 17.2 Å². The number of carbonyl (C=O) groups is 3. The van der Waals surface area contributed by atoms with Gasteiger partial charge in [-0.3, -0.25) is 14.9 Å². The maximum atomic E-state index is 12.6. The van der Waals surface area contributed by atoms with E-state index in [1.165, 1.54) is 7.11 Å². The van der Waals surface area contributed by atoms with Gasteiger partial charge in [-0.05, 0) is 38.3 Å². The van der Waals surface area contributed by atoms with Crippen molar-refractivity contribution in [1.82, 2.24) is 15.5 Å². The minimum Gasteiger partial charge on any atom is -0.496 e. The molecule has 1 spiro atoms. The van der Waals surface area contributed by atoms with E-state index in [0.717, 1.165) is 32.5 Å². The number of nitrogens with zero attached hydrogens (tertiary/aromatic N) is 1. The zero-order chi connectivity index (χ0) is 20.4. The standard InChI is InChI=1S/C20H25N3O6/c1-27-15-11-17-16(28-12-29-17)10-13(15)14(24)4-2-3-7-23-8-5-20(6-9-23)18(25)21-19(26)22-20/h10-11H,2-9,12H2,1H3,(H2,21,22,25,26). The highest BCUT2D eigenvalue weighted by Gasteiger charge is 2.47. The van der Waals surface area contributed by atoms with Crippen LogP contribution in [0.4, 0.5) is 4.79 Å². The summed E-state index contributed by atoms with van der Waals surface area (Å²) in [7, 11) is 1.53. The van der Waals surface area contributed by atoms with Crippen LogP contribution in [-0.4, -0.2) is 61.7 Å². The quantitative estimate of drug-likeness (QED) is 0.403. The summed E-state index contributed by atoms with van der Waals surface area (Å²) in [5.74, 6) is 1.46. The highest BCUT2D eigenvalue weighted by Crippen LogP contribution is 2.38. The summed E-state index contributed by atoms with van der Waals surface area (Å²) < 4.78 is 16.0. The molecule has 0 aliphatic carbocycles. The molecule has 3 amide bonds. The third-order valence-corrected chi connectivity index (χ3v) is 5.85. The highest BCUT2D eigenvalue weighted by molar-refractivity contribution is 6.07. The number of amides is 3. The van der Waals surface area contributed by atoms with Gasteiger partial charge in [0.1, 0.15) is 11.3 Å². The van der Waals surface area contributed by atoms with Crippen LogP contribution in [-0.2, 0) is 4.79 Å².